The van der Waals surface area contributed by atoms with Gasteiger partial charge in [0, 0.05) is 25.1 Å². The van der Waals surface area contributed by atoms with E-state index in [1.165, 1.54) is 0 Å². The molecular weight excluding hydrogens is 312 g/mol. The zero-order valence-electron chi connectivity index (χ0n) is 14.8. The van der Waals surface area contributed by atoms with E-state index in [1.807, 2.05) is 41.3 Å². The summed E-state index contributed by atoms with van der Waals surface area (Å²) in [7, 11) is 0. The van der Waals surface area contributed by atoms with Crippen molar-refractivity contribution in [1.29, 1.82) is 0 Å². The smallest absolute Gasteiger partial charge is 0.248 e. The van der Waals surface area contributed by atoms with Gasteiger partial charge in [-0.25, -0.2) is 0 Å². The highest BCUT2D eigenvalue weighted by Crippen LogP contribution is 2.14. The van der Waals surface area contributed by atoms with Gasteiger partial charge in [0.15, 0.2) is 0 Å². The van der Waals surface area contributed by atoms with Gasteiger partial charge in [-0.3, -0.25) is 9.59 Å². The van der Waals surface area contributed by atoms with Crippen LogP contribution in [0.5, 0.6) is 0 Å². The number of carbonyl (C=O) groups excluding carboxylic acids is 2. The largest absolute Gasteiger partial charge is 0.366 e. The van der Waals surface area contributed by atoms with E-state index in [-0.39, 0.29) is 5.91 Å². The molecule has 0 heterocycles. The van der Waals surface area contributed by atoms with Crippen molar-refractivity contribution in [3.05, 3.63) is 71.3 Å². The number of unbranched alkanes of at least 4 members (excludes halogenated alkanes) is 2. The van der Waals surface area contributed by atoms with E-state index >= 15 is 0 Å². The molecule has 0 aliphatic heterocycles. The molecule has 0 aromatic heterocycles. The summed E-state index contributed by atoms with van der Waals surface area (Å²) >= 11 is 0. The number of benzene rings is 2. The van der Waals surface area contributed by atoms with Gasteiger partial charge in [0.1, 0.15) is 0 Å². The summed E-state index contributed by atoms with van der Waals surface area (Å²) in [6.45, 7) is 3.16. The molecule has 0 spiro atoms. The lowest BCUT2D eigenvalue weighted by Gasteiger charge is -2.23. The molecule has 132 valence electrons. The molecule has 4 nitrogen and oxygen atoms in total. The predicted molar refractivity (Wildman–Crippen MR) is 99.8 cm³/mol. The molecule has 0 saturated carbocycles. The summed E-state index contributed by atoms with van der Waals surface area (Å²) in [6, 6.07) is 17.1. The third-order valence-electron chi connectivity index (χ3n) is 4.15. The minimum Gasteiger partial charge on any atom is -0.366 e. The number of hydrogen-bond acceptors (Lipinski definition) is 2. The van der Waals surface area contributed by atoms with Crippen molar-refractivity contribution in [3.63, 3.8) is 0 Å². The lowest BCUT2D eigenvalue weighted by molar-refractivity contribution is -0.132. The van der Waals surface area contributed by atoms with Crippen LogP contribution < -0.4 is 5.73 Å². The maximum Gasteiger partial charge on any atom is 0.248 e. The number of nitrogens with two attached hydrogens (primary N) is 1. The molecule has 0 unspecified atom stereocenters. The summed E-state index contributed by atoms with van der Waals surface area (Å²) in [5, 5.41) is 0. The van der Waals surface area contributed by atoms with Crippen LogP contribution in [0.2, 0.25) is 0 Å². The Morgan fingerprint density at radius 2 is 1.60 bits per heavy atom. The SMILES string of the molecule is CCCCCC(=O)N(Cc1ccccc1)Cc1cccc(C(N)=O)c1. The molecule has 0 saturated heterocycles. The Morgan fingerprint density at radius 1 is 0.920 bits per heavy atom. The molecule has 2 N–H and O–H groups in total. The molecule has 2 aromatic rings. The van der Waals surface area contributed by atoms with Gasteiger partial charge < -0.3 is 10.6 Å². The molecule has 2 aromatic carbocycles. The van der Waals surface area contributed by atoms with Crippen molar-refractivity contribution in [2.45, 2.75) is 45.7 Å². The van der Waals surface area contributed by atoms with Gasteiger partial charge in [-0.05, 0) is 29.7 Å². The van der Waals surface area contributed by atoms with Gasteiger partial charge in [-0.1, -0.05) is 62.2 Å². The fourth-order valence-electron chi connectivity index (χ4n) is 2.76. The summed E-state index contributed by atoms with van der Waals surface area (Å²) in [5.74, 6) is -0.312. The maximum atomic E-state index is 12.7. The van der Waals surface area contributed by atoms with E-state index in [0.29, 0.717) is 25.1 Å². The first-order valence-electron chi connectivity index (χ1n) is 8.80. The van der Waals surface area contributed by atoms with Gasteiger partial charge in [0.25, 0.3) is 0 Å². The van der Waals surface area contributed by atoms with Crippen LogP contribution in [0.15, 0.2) is 54.6 Å². The van der Waals surface area contributed by atoms with Crippen LogP contribution in [0.25, 0.3) is 0 Å². The van der Waals surface area contributed by atoms with Crippen LogP contribution in [0.4, 0.5) is 0 Å². The van der Waals surface area contributed by atoms with Crippen LogP contribution in [0.3, 0.4) is 0 Å². The minimum atomic E-state index is -0.453. The van der Waals surface area contributed by atoms with Crippen molar-refractivity contribution >= 4 is 11.8 Å². The van der Waals surface area contributed by atoms with Crippen molar-refractivity contribution in [2.24, 2.45) is 5.73 Å². The second-order valence-electron chi connectivity index (χ2n) is 6.26. The Labute approximate surface area is 149 Å². The van der Waals surface area contributed by atoms with E-state index < -0.39 is 5.91 Å². The van der Waals surface area contributed by atoms with Gasteiger partial charge >= 0.3 is 0 Å². The highest BCUT2D eigenvalue weighted by Gasteiger charge is 2.15. The molecule has 0 radical (unpaired) electrons. The Kier molecular flexibility index (Phi) is 7.20. The second kappa shape index (κ2) is 9.62. The van der Waals surface area contributed by atoms with Crippen LogP contribution in [-0.2, 0) is 17.9 Å². The van der Waals surface area contributed by atoms with Gasteiger partial charge in [-0.15, -0.1) is 0 Å². The fraction of sp³-hybridized carbons (Fsp3) is 0.333. The van der Waals surface area contributed by atoms with Crippen LogP contribution in [-0.4, -0.2) is 16.7 Å². The van der Waals surface area contributed by atoms with Crippen molar-refractivity contribution in [1.82, 2.24) is 4.90 Å². The number of hydrogen-bond donors (Lipinski definition) is 1. The molecule has 2 amide bonds. The molecule has 0 aliphatic carbocycles. The van der Waals surface area contributed by atoms with Crippen LogP contribution >= 0.6 is 0 Å². The highest BCUT2D eigenvalue weighted by atomic mass is 16.2. The number of rotatable bonds is 9. The van der Waals surface area contributed by atoms with E-state index in [9.17, 15) is 9.59 Å². The minimum absolute atomic E-state index is 0.141. The monoisotopic (exact) mass is 338 g/mol. The molecule has 25 heavy (non-hydrogen) atoms. The topological polar surface area (TPSA) is 63.4 Å². The summed E-state index contributed by atoms with van der Waals surface area (Å²) in [5.41, 5.74) is 7.83. The average molecular weight is 338 g/mol. The Bertz CT molecular complexity index is 698. The first-order chi connectivity index (χ1) is 12.1. The predicted octanol–water partition coefficient (Wildman–Crippen LogP) is 3.89. The van der Waals surface area contributed by atoms with Crippen LogP contribution in [0.1, 0.15) is 54.1 Å². The summed E-state index contributed by atoms with van der Waals surface area (Å²) < 4.78 is 0. The van der Waals surface area contributed by atoms with E-state index in [1.54, 1.807) is 18.2 Å². The summed E-state index contributed by atoms with van der Waals surface area (Å²) in [4.78, 5) is 25.9. The number of primary amides is 1. The Hall–Kier alpha value is -2.62. The quantitative estimate of drug-likeness (QED) is 0.705. The van der Waals surface area contributed by atoms with E-state index in [2.05, 4.69) is 6.92 Å². The maximum absolute atomic E-state index is 12.7. The van der Waals surface area contributed by atoms with Gasteiger partial charge in [0.05, 0.1) is 0 Å². The zero-order valence-corrected chi connectivity index (χ0v) is 14.8. The first-order valence-corrected chi connectivity index (χ1v) is 8.80. The average Bonchev–Trinajstić information content (AvgIpc) is 2.62. The number of amides is 2. The molecule has 0 aliphatic rings. The third kappa shape index (κ3) is 6.07. The molecular formula is C21H26N2O2. The summed E-state index contributed by atoms with van der Waals surface area (Å²) in [6.07, 6.45) is 3.60. The molecule has 0 bridgehead atoms. The van der Waals surface area contributed by atoms with Crippen molar-refractivity contribution in [2.75, 3.05) is 0 Å². The fourth-order valence-corrected chi connectivity index (χ4v) is 2.76. The third-order valence-corrected chi connectivity index (χ3v) is 4.15. The van der Waals surface area contributed by atoms with Gasteiger partial charge in [0.2, 0.25) is 11.8 Å². The highest BCUT2D eigenvalue weighted by molar-refractivity contribution is 5.92. The first kappa shape index (κ1) is 18.7. The molecule has 0 fully saturated rings. The Balaban J connectivity index is 2.14. The normalized spacial score (nSPS) is 10.4. The lowest BCUT2D eigenvalue weighted by Crippen LogP contribution is -2.30. The number of carbonyl (C=O) groups is 2. The second-order valence-corrected chi connectivity index (χ2v) is 6.26. The number of nitrogens with zero attached hydrogens (tertiary/aromatic N) is 1. The van der Waals surface area contributed by atoms with Crippen LogP contribution in [0, 0.1) is 0 Å². The molecule has 4 heteroatoms. The lowest BCUT2D eigenvalue weighted by atomic mass is 10.1. The zero-order chi connectivity index (χ0) is 18.1. The molecule has 2 rings (SSSR count). The standard InChI is InChI=1S/C21H26N2O2/c1-2-3-5-13-20(24)23(15-17-9-6-4-7-10-17)16-18-11-8-12-19(14-18)21(22)25/h4,6-12,14H,2-3,5,13,15-16H2,1H3,(H2,22,25). The van der Waals surface area contributed by atoms with Gasteiger partial charge in [-0.2, -0.15) is 0 Å². The molecule has 0 atom stereocenters. The Morgan fingerprint density at radius 3 is 2.28 bits per heavy atom. The van der Waals surface area contributed by atoms with E-state index in [4.69, 9.17) is 5.73 Å². The van der Waals surface area contributed by atoms with E-state index in [0.717, 1.165) is 30.4 Å². The van der Waals surface area contributed by atoms with Crippen molar-refractivity contribution in [3.8, 4) is 0 Å². The van der Waals surface area contributed by atoms with Crippen molar-refractivity contribution < 1.29 is 9.59 Å².